The van der Waals surface area contributed by atoms with Crippen molar-refractivity contribution in [2.24, 2.45) is 0 Å². The van der Waals surface area contributed by atoms with E-state index in [2.05, 4.69) is 0 Å². The fourth-order valence-corrected chi connectivity index (χ4v) is 4.97. The van der Waals surface area contributed by atoms with Gasteiger partial charge in [-0.05, 0) is 37.6 Å². The lowest BCUT2D eigenvalue weighted by Crippen LogP contribution is -2.42. The van der Waals surface area contributed by atoms with Gasteiger partial charge in [0.25, 0.3) is 0 Å². The van der Waals surface area contributed by atoms with E-state index in [9.17, 15) is 13.5 Å². The zero-order chi connectivity index (χ0) is 18.6. The Morgan fingerprint density at radius 2 is 2.04 bits per heavy atom. The Hall–Kier alpha value is -1.83. The fourth-order valence-electron chi connectivity index (χ4n) is 3.21. The van der Waals surface area contributed by atoms with Crippen molar-refractivity contribution in [2.45, 2.75) is 32.0 Å². The number of furan rings is 1. The molecule has 2 aromatic rings. The summed E-state index contributed by atoms with van der Waals surface area (Å²) in [5.74, 6) is 2.60. The van der Waals surface area contributed by atoms with Gasteiger partial charge < -0.3 is 14.3 Å². The molecule has 0 spiro atoms. The van der Waals surface area contributed by atoms with Gasteiger partial charge in [0.05, 0.1) is 18.1 Å². The van der Waals surface area contributed by atoms with Crippen LogP contribution in [0.25, 0.3) is 0 Å². The van der Waals surface area contributed by atoms with Gasteiger partial charge in [-0.1, -0.05) is 18.2 Å². The number of ether oxygens (including phenoxy) is 1. The second-order valence-corrected chi connectivity index (χ2v) is 9.01. The fraction of sp³-hybridized carbons (Fsp3) is 0.474. The molecule has 1 aliphatic heterocycles. The Bertz CT molecular complexity index is 802. The number of aryl methyl sites for hydroxylation is 1. The molecular formula is C19H25NO5S. The van der Waals surface area contributed by atoms with Crippen LogP contribution in [0.2, 0.25) is 0 Å². The molecule has 3 rings (SSSR count). The van der Waals surface area contributed by atoms with Crippen LogP contribution in [0.4, 0.5) is 0 Å². The molecule has 1 saturated heterocycles. The van der Waals surface area contributed by atoms with E-state index in [-0.39, 0.29) is 24.2 Å². The van der Waals surface area contributed by atoms with Crippen molar-refractivity contribution >= 4 is 9.84 Å². The van der Waals surface area contributed by atoms with Crippen LogP contribution in [0.15, 0.2) is 46.9 Å². The van der Waals surface area contributed by atoms with Gasteiger partial charge in [0.2, 0.25) is 0 Å². The van der Waals surface area contributed by atoms with Crippen LogP contribution in [0.1, 0.15) is 17.9 Å². The summed E-state index contributed by atoms with van der Waals surface area (Å²) in [6.07, 6.45) is -0.150. The number of aliphatic hydroxyl groups is 1. The first-order valence-corrected chi connectivity index (χ1v) is 10.6. The Morgan fingerprint density at radius 3 is 2.65 bits per heavy atom. The van der Waals surface area contributed by atoms with Crippen molar-refractivity contribution in [3.8, 4) is 5.75 Å². The average Bonchev–Trinajstić information content (AvgIpc) is 3.18. The predicted octanol–water partition coefficient (Wildman–Crippen LogP) is 2.02. The van der Waals surface area contributed by atoms with Crippen LogP contribution in [-0.4, -0.2) is 55.2 Å². The second kappa shape index (κ2) is 8.24. The number of rotatable bonds is 8. The average molecular weight is 379 g/mol. The normalized spacial score (nSPS) is 20.3. The molecule has 26 heavy (non-hydrogen) atoms. The van der Waals surface area contributed by atoms with Gasteiger partial charge >= 0.3 is 0 Å². The second-order valence-electron chi connectivity index (χ2n) is 6.78. The highest BCUT2D eigenvalue weighted by Crippen LogP contribution is 2.21. The van der Waals surface area contributed by atoms with Crippen LogP contribution < -0.4 is 4.74 Å². The number of nitrogens with zero attached hydrogens (tertiary/aromatic N) is 1. The highest BCUT2D eigenvalue weighted by Gasteiger charge is 2.33. The van der Waals surface area contributed by atoms with E-state index in [1.165, 1.54) is 0 Å². The van der Waals surface area contributed by atoms with Gasteiger partial charge in [-0.15, -0.1) is 0 Å². The van der Waals surface area contributed by atoms with Crippen molar-refractivity contribution in [2.75, 3.05) is 24.7 Å². The predicted molar refractivity (Wildman–Crippen MR) is 98.9 cm³/mol. The number of hydrogen-bond acceptors (Lipinski definition) is 6. The van der Waals surface area contributed by atoms with E-state index in [1.54, 1.807) is 0 Å². The van der Waals surface area contributed by atoms with Crippen molar-refractivity contribution in [3.63, 3.8) is 0 Å². The zero-order valence-corrected chi connectivity index (χ0v) is 15.7. The molecule has 7 heteroatoms. The first-order valence-electron chi connectivity index (χ1n) is 8.77. The smallest absolute Gasteiger partial charge is 0.151 e. The van der Waals surface area contributed by atoms with Crippen molar-refractivity contribution in [1.82, 2.24) is 4.90 Å². The summed E-state index contributed by atoms with van der Waals surface area (Å²) in [6.45, 7) is 2.82. The van der Waals surface area contributed by atoms with Crippen molar-refractivity contribution in [3.05, 3.63) is 54.0 Å². The molecule has 0 aliphatic carbocycles. The van der Waals surface area contributed by atoms with E-state index in [1.807, 2.05) is 54.3 Å². The van der Waals surface area contributed by atoms with E-state index in [4.69, 9.17) is 9.15 Å². The molecular weight excluding hydrogens is 354 g/mol. The minimum absolute atomic E-state index is 0.114. The maximum Gasteiger partial charge on any atom is 0.151 e. The van der Waals surface area contributed by atoms with Crippen LogP contribution in [0, 0.1) is 6.92 Å². The first kappa shape index (κ1) is 18.9. The number of aliphatic hydroxyl groups excluding tert-OH is 1. The Balaban J connectivity index is 1.62. The summed E-state index contributed by atoms with van der Waals surface area (Å²) in [6, 6.07) is 13.0. The third kappa shape index (κ3) is 5.33. The lowest BCUT2D eigenvalue weighted by Gasteiger charge is -2.29. The maximum absolute atomic E-state index is 11.9. The molecule has 1 aromatic heterocycles. The minimum atomic E-state index is -3.00. The summed E-state index contributed by atoms with van der Waals surface area (Å²) in [5.41, 5.74) is 0. The van der Waals surface area contributed by atoms with Crippen molar-refractivity contribution < 1.29 is 22.7 Å². The molecule has 1 fully saturated rings. The van der Waals surface area contributed by atoms with Gasteiger partial charge in [0.1, 0.15) is 30.0 Å². The summed E-state index contributed by atoms with van der Waals surface area (Å²) in [4.78, 5) is 1.99. The van der Waals surface area contributed by atoms with Gasteiger partial charge in [-0.3, -0.25) is 4.90 Å². The van der Waals surface area contributed by atoms with Gasteiger partial charge in [-0.2, -0.15) is 0 Å². The number of benzene rings is 1. The summed E-state index contributed by atoms with van der Waals surface area (Å²) >= 11 is 0. The molecule has 1 N–H and O–H groups in total. The summed E-state index contributed by atoms with van der Waals surface area (Å²) < 4.78 is 35.0. The molecule has 1 aromatic carbocycles. The molecule has 1 aliphatic rings. The molecule has 0 bridgehead atoms. The minimum Gasteiger partial charge on any atom is -0.491 e. The molecule has 0 amide bonds. The zero-order valence-electron chi connectivity index (χ0n) is 14.9. The van der Waals surface area contributed by atoms with Crippen molar-refractivity contribution in [1.29, 1.82) is 0 Å². The number of hydrogen-bond donors (Lipinski definition) is 1. The Kier molecular flexibility index (Phi) is 6.01. The lowest BCUT2D eigenvalue weighted by molar-refractivity contribution is 0.0496. The van der Waals surface area contributed by atoms with Gasteiger partial charge in [0.15, 0.2) is 9.84 Å². The largest absolute Gasteiger partial charge is 0.491 e. The number of sulfone groups is 1. The highest BCUT2D eigenvalue weighted by molar-refractivity contribution is 7.91. The van der Waals surface area contributed by atoms with Crippen LogP contribution >= 0.6 is 0 Å². The lowest BCUT2D eigenvalue weighted by atomic mass is 10.2. The van der Waals surface area contributed by atoms with Gasteiger partial charge in [-0.25, -0.2) is 8.42 Å². The summed E-state index contributed by atoms with van der Waals surface area (Å²) in [5, 5.41) is 10.4. The standard InChI is InChI=1S/C19H25NO5S/c1-15-7-8-19(25-15)12-20(16-9-10-26(22,23)14-16)11-17(21)13-24-18-5-3-2-4-6-18/h2-8,16-17,21H,9-14H2,1H3. The molecule has 2 unspecified atom stereocenters. The topological polar surface area (TPSA) is 80.0 Å². The van der Waals surface area contributed by atoms with E-state index >= 15 is 0 Å². The third-order valence-corrected chi connectivity index (χ3v) is 6.26. The van der Waals surface area contributed by atoms with Gasteiger partial charge in [0, 0.05) is 12.6 Å². The highest BCUT2D eigenvalue weighted by atomic mass is 32.2. The number of para-hydroxylation sites is 1. The van der Waals surface area contributed by atoms with E-state index in [0.29, 0.717) is 25.3 Å². The van der Waals surface area contributed by atoms with Crippen LogP contribution in [-0.2, 0) is 16.4 Å². The first-order chi connectivity index (χ1) is 12.4. The molecule has 2 heterocycles. The maximum atomic E-state index is 11.9. The molecule has 2 atom stereocenters. The molecule has 0 radical (unpaired) electrons. The Labute approximate surface area is 154 Å². The molecule has 0 saturated carbocycles. The van der Waals surface area contributed by atoms with Crippen LogP contribution in [0.3, 0.4) is 0 Å². The van der Waals surface area contributed by atoms with E-state index in [0.717, 1.165) is 11.5 Å². The summed E-state index contributed by atoms with van der Waals surface area (Å²) in [7, 11) is -3.00. The quantitative estimate of drug-likeness (QED) is 0.756. The monoisotopic (exact) mass is 379 g/mol. The molecule has 142 valence electrons. The Morgan fingerprint density at radius 1 is 1.27 bits per heavy atom. The van der Waals surface area contributed by atoms with Crippen LogP contribution in [0.5, 0.6) is 5.75 Å². The third-order valence-electron chi connectivity index (χ3n) is 4.51. The SMILES string of the molecule is Cc1ccc(CN(CC(O)COc2ccccc2)C2CCS(=O)(=O)C2)o1. The molecule has 6 nitrogen and oxygen atoms in total. The van der Waals surface area contributed by atoms with E-state index < -0.39 is 15.9 Å².